The third-order valence-corrected chi connectivity index (χ3v) is 9.95. The standard InChI is InChI=1S/C37H45N7O5/c1-36(2,3)49-35(46)42-16-13-37(47,14-17-42)12-10-24-18-28(19-24)48-33-20-25(11-15-39-33)44-26-8-9-27(44)23-43(22-26)31-21-30(40-41-34(31)38)29-6-4-5-7-32(29)45/h4-7,11,15,20-21,24,26-28,45,47H,8-9,13-14,16-19,22-23H2,1-3H3,(H2,38,41). The van der Waals surface area contributed by atoms with Crippen molar-refractivity contribution in [3.8, 4) is 34.7 Å². The van der Waals surface area contributed by atoms with E-state index in [1.54, 1.807) is 17.0 Å². The fourth-order valence-electron chi connectivity index (χ4n) is 7.31. The van der Waals surface area contributed by atoms with E-state index in [1.165, 1.54) is 0 Å². The van der Waals surface area contributed by atoms with Crippen LogP contribution in [0.2, 0.25) is 0 Å². The Morgan fingerprint density at radius 1 is 1.04 bits per heavy atom. The molecule has 1 aromatic carbocycles. The number of likely N-dealkylation sites (tertiary alicyclic amines) is 1. The summed E-state index contributed by atoms with van der Waals surface area (Å²) < 4.78 is 11.7. The molecule has 5 heterocycles. The minimum atomic E-state index is -1.09. The second-order valence-electron chi connectivity index (χ2n) is 14.7. The summed E-state index contributed by atoms with van der Waals surface area (Å²) in [5.74, 6) is 7.69. The summed E-state index contributed by atoms with van der Waals surface area (Å²) in [7, 11) is 0. The van der Waals surface area contributed by atoms with E-state index in [1.807, 2.05) is 51.2 Å². The number of hydrogen-bond acceptors (Lipinski definition) is 11. The van der Waals surface area contributed by atoms with Gasteiger partial charge in [0, 0.05) is 80.5 Å². The Labute approximate surface area is 287 Å². The smallest absolute Gasteiger partial charge is 0.410 e. The van der Waals surface area contributed by atoms with Gasteiger partial charge in [-0.2, -0.15) is 0 Å². The maximum absolute atomic E-state index is 12.4. The molecule has 258 valence electrons. The van der Waals surface area contributed by atoms with E-state index in [-0.39, 0.29) is 23.9 Å². The van der Waals surface area contributed by atoms with E-state index in [4.69, 9.17) is 15.2 Å². The summed E-state index contributed by atoms with van der Waals surface area (Å²) in [5.41, 5.74) is 7.85. The molecule has 3 aliphatic heterocycles. The lowest BCUT2D eigenvalue weighted by Crippen LogP contribution is -2.54. The van der Waals surface area contributed by atoms with Crippen molar-refractivity contribution in [1.29, 1.82) is 0 Å². The number of piperazine rings is 1. The van der Waals surface area contributed by atoms with Gasteiger partial charge in [0.25, 0.3) is 0 Å². The molecule has 12 nitrogen and oxygen atoms in total. The number of fused-ring (bicyclic) bond motifs is 2. The molecule has 2 aromatic heterocycles. The molecule has 4 fully saturated rings. The van der Waals surface area contributed by atoms with Crippen LogP contribution < -0.4 is 20.3 Å². The number of pyridine rings is 1. The molecule has 49 heavy (non-hydrogen) atoms. The topological polar surface area (TPSA) is 150 Å². The maximum Gasteiger partial charge on any atom is 0.410 e. The number of amides is 1. The van der Waals surface area contributed by atoms with Crippen molar-refractivity contribution < 1.29 is 24.5 Å². The van der Waals surface area contributed by atoms with Crippen molar-refractivity contribution in [2.24, 2.45) is 5.92 Å². The zero-order valence-corrected chi connectivity index (χ0v) is 28.4. The number of aliphatic hydroxyl groups is 1. The molecule has 12 heteroatoms. The van der Waals surface area contributed by atoms with Gasteiger partial charge >= 0.3 is 6.09 Å². The van der Waals surface area contributed by atoms with Crippen molar-refractivity contribution in [2.45, 2.75) is 88.7 Å². The highest BCUT2D eigenvalue weighted by atomic mass is 16.6. The molecule has 2 bridgehead atoms. The van der Waals surface area contributed by atoms with E-state index in [9.17, 15) is 15.0 Å². The van der Waals surface area contributed by atoms with Crippen LogP contribution in [0.1, 0.15) is 59.3 Å². The molecular formula is C37H45N7O5. The van der Waals surface area contributed by atoms with Gasteiger partial charge in [-0.25, -0.2) is 9.78 Å². The summed E-state index contributed by atoms with van der Waals surface area (Å²) in [6, 6.07) is 13.7. The average molecular weight is 668 g/mol. The summed E-state index contributed by atoms with van der Waals surface area (Å²) in [6.07, 6.45) is 6.02. The third-order valence-electron chi connectivity index (χ3n) is 9.95. The minimum Gasteiger partial charge on any atom is -0.507 e. The average Bonchev–Trinajstić information content (AvgIpc) is 3.31. The first kappa shape index (κ1) is 32.8. The lowest BCUT2D eigenvalue weighted by molar-refractivity contribution is -0.00537. The Bertz CT molecular complexity index is 1740. The van der Waals surface area contributed by atoms with Crippen molar-refractivity contribution in [1.82, 2.24) is 20.1 Å². The molecular weight excluding hydrogens is 622 g/mol. The first-order chi connectivity index (χ1) is 23.4. The number of phenols is 1. The number of aromatic hydroxyl groups is 1. The van der Waals surface area contributed by atoms with Crippen molar-refractivity contribution >= 4 is 23.3 Å². The number of ether oxygens (including phenoxy) is 2. The van der Waals surface area contributed by atoms with Crippen LogP contribution in [0.15, 0.2) is 48.7 Å². The first-order valence-electron chi connectivity index (χ1n) is 17.2. The van der Waals surface area contributed by atoms with E-state index < -0.39 is 11.2 Å². The predicted octanol–water partition coefficient (Wildman–Crippen LogP) is 4.61. The first-order valence-corrected chi connectivity index (χ1v) is 17.2. The van der Waals surface area contributed by atoms with Crippen molar-refractivity contribution in [2.75, 3.05) is 41.7 Å². The van der Waals surface area contributed by atoms with Crippen LogP contribution in [0.3, 0.4) is 0 Å². The SMILES string of the molecule is CC(C)(C)OC(=O)N1CCC(O)(C#CC2CC(Oc3cc(N4C5CCC4CN(c4cc(-c6ccccc6O)nnc4N)C5)ccn3)C2)CC1. The number of nitrogen functional groups attached to an aromatic ring is 1. The fourth-order valence-corrected chi connectivity index (χ4v) is 7.31. The number of aromatic nitrogens is 3. The molecule has 2 unspecified atom stereocenters. The highest BCUT2D eigenvalue weighted by Crippen LogP contribution is 2.40. The minimum absolute atomic E-state index is 0.0275. The molecule has 4 aliphatic rings. The zero-order valence-electron chi connectivity index (χ0n) is 28.4. The number of rotatable bonds is 5. The Morgan fingerprint density at radius 3 is 2.45 bits per heavy atom. The largest absolute Gasteiger partial charge is 0.507 e. The number of carbonyl (C=O) groups excluding carboxylic acids is 1. The molecule has 1 saturated carbocycles. The number of nitrogens with zero attached hydrogens (tertiary/aromatic N) is 6. The molecule has 7 rings (SSSR count). The van der Waals surface area contributed by atoms with Crippen LogP contribution in [-0.4, -0.2) is 92.0 Å². The van der Waals surface area contributed by atoms with Gasteiger partial charge in [-0.15, -0.1) is 10.2 Å². The van der Waals surface area contributed by atoms with Gasteiger partial charge in [-0.1, -0.05) is 24.0 Å². The van der Waals surface area contributed by atoms with Crippen molar-refractivity contribution in [3.63, 3.8) is 0 Å². The Morgan fingerprint density at radius 2 is 1.76 bits per heavy atom. The van der Waals surface area contributed by atoms with Gasteiger partial charge in [0.15, 0.2) is 5.82 Å². The Balaban J connectivity index is 0.931. The van der Waals surface area contributed by atoms with E-state index in [2.05, 4.69) is 42.9 Å². The van der Waals surface area contributed by atoms with E-state index >= 15 is 0 Å². The second-order valence-corrected chi connectivity index (χ2v) is 14.7. The molecule has 1 aliphatic carbocycles. The van der Waals surface area contributed by atoms with Crippen LogP contribution in [0.25, 0.3) is 11.3 Å². The Hall–Kier alpha value is -4.76. The number of piperidine rings is 1. The second kappa shape index (κ2) is 12.9. The normalized spacial score (nSPS) is 24.4. The highest BCUT2D eigenvalue weighted by Gasteiger charge is 2.41. The number of para-hydroxylation sites is 1. The molecule has 3 saturated heterocycles. The van der Waals surface area contributed by atoms with Crippen LogP contribution in [0.4, 0.5) is 22.0 Å². The number of anilines is 3. The zero-order chi connectivity index (χ0) is 34.3. The number of hydrogen-bond donors (Lipinski definition) is 3. The van der Waals surface area contributed by atoms with E-state index in [0.29, 0.717) is 61.0 Å². The summed E-state index contributed by atoms with van der Waals surface area (Å²) >= 11 is 0. The maximum atomic E-state index is 12.4. The number of phenolic OH excluding ortho intramolecular Hbond substituents is 1. The van der Waals surface area contributed by atoms with E-state index in [0.717, 1.165) is 50.1 Å². The predicted molar refractivity (Wildman–Crippen MR) is 186 cm³/mol. The quantitative estimate of drug-likeness (QED) is 0.328. The van der Waals surface area contributed by atoms with Crippen LogP contribution in [0.5, 0.6) is 11.6 Å². The molecule has 3 aromatic rings. The van der Waals surface area contributed by atoms with Gasteiger partial charge < -0.3 is 40.1 Å². The number of carbonyl (C=O) groups is 1. The number of benzene rings is 1. The molecule has 2 atom stereocenters. The van der Waals surface area contributed by atoms with Gasteiger partial charge in [0.05, 0.1) is 11.4 Å². The third kappa shape index (κ3) is 7.17. The van der Waals surface area contributed by atoms with Gasteiger partial charge in [0.1, 0.15) is 23.1 Å². The van der Waals surface area contributed by atoms with Crippen LogP contribution >= 0.6 is 0 Å². The van der Waals surface area contributed by atoms with Gasteiger partial charge in [-0.3, -0.25) is 0 Å². The fraction of sp³-hybridized carbons (Fsp3) is 0.514. The van der Waals surface area contributed by atoms with Gasteiger partial charge in [-0.05, 0) is 70.7 Å². The molecule has 1 amide bonds. The highest BCUT2D eigenvalue weighted by molar-refractivity contribution is 5.74. The summed E-state index contributed by atoms with van der Waals surface area (Å²) in [5, 5.41) is 29.9. The monoisotopic (exact) mass is 667 g/mol. The molecule has 4 N–H and O–H groups in total. The lowest BCUT2D eigenvalue weighted by atomic mass is 9.81. The van der Waals surface area contributed by atoms with Crippen LogP contribution in [-0.2, 0) is 4.74 Å². The summed E-state index contributed by atoms with van der Waals surface area (Å²) in [4.78, 5) is 23.3. The summed E-state index contributed by atoms with van der Waals surface area (Å²) in [6.45, 7) is 7.97. The van der Waals surface area contributed by atoms with Crippen LogP contribution in [0, 0.1) is 17.8 Å². The molecule has 0 radical (unpaired) electrons. The molecule has 0 spiro atoms. The Kier molecular flexibility index (Phi) is 8.65. The van der Waals surface area contributed by atoms with Gasteiger partial charge in [0.2, 0.25) is 5.88 Å². The van der Waals surface area contributed by atoms with Crippen molar-refractivity contribution in [3.05, 3.63) is 48.7 Å². The number of nitrogens with two attached hydrogens (primary N) is 1. The lowest BCUT2D eigenvalue weighted by Gasteiger charge is -2.43.